The SMILES string of the molecule is Cc1cccc(C(Cc2cc(-c3ccc4c(c3)OCO4)nn2C2CCCCC2)C(=O)O)c1. The number of hydrogen-bond acceptors (Lipinski definition) is 4. The lowest BCUT2D eigenvalue weighted by atomic mass is 9.91. The Morgan fingerprint density at radius 3 is 2.69 bits per heavy atom. The highest BCUT2D eigenvalue weighted by Gasteiger charge is 2.27. The molecule has 0 spiro atoms. The lowest BCUT2D eigenvalue weighted by molar-refractivity contribution is -0.138. The van der Waals surface area contributed by atoms with Crippen LogP contribution in [0.4, 0.5) is 0 Å². The third-order valence-corrected chi connectivity index (χ3v) is 6.56. The molecule has 1 aliphatic carbocycles. The van der Waals surface area contributed by atoms with Gasteiger partial charge in [0.05, 0.1) is 17.7 Å². The highest BCUT2D eigenvalue weighted by molar-refractivity contribution is 5.76. The first-order valence-electron chi connectivity index (χ1n) is 11.4. The molecule has 1 aliphatic heterocycles. The molecule has 1 unspecified atom stereocenters. The smallest absolute Gasteiger partial charge is 0.311 e. The summed E-state index contributed by atoms with van der Waals surface area (Å²) in [5.41, 5.74) is 4.66. The van der Waals surface area contributed by atoms with Crippen molar-refractivity contribution in [3.63, 3.8) is 0 Å². The molecular formula is C26H28N2O4. The van der Waals surface area contributed by atoms with Gasteiger partial charge in [0.1, 0.15) is 0 Å². The summed E-state index contributed by atoms with van der Waals surface area (Å²) < 4.78 is 13.1. The standard InChI is InChI=1S/C26H28N2O4/c1-17-6-5-7-18(12-17)22(26(29)30)14-21-15-23(27-28(21)20-8-3-2-4-9-20)19-10-11-24-25(13-19)32-16-31-24/h5-7,10-13,15,20,22H,2-4,8-9,14,16H2,1H3,(H,29,30). The molecule has 32 heavy (non-hydrogen) atoms. The van der Waals surface area contributed by atoms with Gasteiger partial charge in [-0.05, 0) is 49.6 Å². The summed E-state index contributed by atoms with van der Waals surface area (Å²) in [6, 6.07) is 16.0. The number of carbonyl (C=O) groups is 1. The van der Waals surface area contributed by atoms with Gasteiger partial charge in [0, 0.05) is 17.7 Å². The molecule has 5 rings (SSSR count). The maximum absolute atomic E-state index is 12.2. The van der Waals surface area contributed by atoms with Crippen molar-refractivity contribution >= 4 is 5.97 Å². The normalized spacial score (nSPS) is 16.8. The molecule has 0 bridgehead atoms. The Balaban J connectivity index is 1.53. The van der Waals surface area contributed by atoms with E-state index in [4.69, 9.17) is 14.6 Å². The summed E-state index contributed by atoms with van der Waals surface area (Å²) in [7, 11) is 0. The number of aryl methyl sites for hydroxylation is 1. The molecule has 1 fully saturated rings. The molecule has 0 radical (unpaired) electrons. The van der Waals surface area contributed by atoms with E-state index in [1.165, 1.54) is 19.3 Å². The minimum atomic E-state index is -0.809. The third-order valence-electron chi connectivity index (χ3n) is 6.56. The lowest BCUT2D eigenvalue weighted by Crippen LogP contribution is -2.20. The minimum absolute atomic E-state index is 0.233. The Morgan fingerprint density at radius 2 is 1.91 bits per heavy atom. The first kappa shape index (κ1) is 20.6. The summed E-state index contributed by atoms with van der Waals surface area (Å²) in [6.07, 6.45) is 6.19. The second kappa shape index (κ2) is 8.69. The van der Waals surface area contributed by atoms with Gasteiger partial charge in [-0.3, -0.25) is 9.48 Å². The van der Waals surface area contributed by atoms with Gasteiger partial charge in [0.25, 0.3) is 0 Å². The minimum Gasteiger partial charge on any atom is -0.481 e. The van der Waals surface area contributed by atoms with Crippen LogP contribution in [-0.2, 0) is 11.2 Å². The van der Waals surface area contributed by atoms with Crippen molar-refractivity contribution in [3.05, 3.63) is 65.4 Å². The van der Waals surface area contributed by atoms with Gasteiger partial charge in [-0.2, -0.15) is 5.10 Å². The molecule has 0 saturated heterocycles. The van der Waals surface area contributed by atoms with E-state index in [1.54, 1.807) is 0 Å². The number of aromatic nitrogens is 2. The van der Waals surface area contributed by atoms with Gasteiger partial charge in [0.15, 0.2) is 11.5 Å². The van der Waals surface area contributed by atoms with Crippen molar-refractivity contribution in [2.45, 2.75) is 57.4 Å². The Morgan fingerprint density at radius 1 is 1.09 bits per heavy atom. The highest BCUT2D eigenvalue weighted by Crippen LogP contribution is 2.37. The zero-order valence-electron chi connectivity index (χ0n) is 18.3. The number of carboxylic acid groups (broad SMARTS) is 1. The molecule has 3 aromatic rings. The lowest BCUT2D eigenvalue weighted by Gasteiger charge is -2.25. The summed E-state index contributed by atoms with van der Waals surface area (Å²) in [5, 5.41) is 15.0. The average Bonchev–Trinajstić information content (AvgIpc) is 3.44. The zero-order chi connectivity index (χ0) is 22.1. The van der Waals surface area contributed by atoms with Crippen LogP contribution in [0.3, 0.4) is 0 Å². The molecule has 6 heteroatoms. The number of hydrogen-bond donors (Lipinski definition) is 1. The molecule has 2 heterocycles. The van der Waals surface area contributed by atoms with Crippen molar-refractivity contribution in [2.75, 3.05) is 6.79 Å². The molecule has 0 amide bonds. The molecule has 1 saturated carbocycles. The van der Waals surface area contributed by atoms with Gasteiger partial charge in [-0.1, -0.05) is 49.1 Å². The number of ether oxygens (including phenoxy) is 2. The quantitative estimate of drug-likeness (QED) is 0.556. The number of fused-ring (bicyclic) bond motifs is 1. The Kier molecular flexibility index (Phi) is 5.60. The number of nitrogens with zero attached hydrogens (tertiary/aromatic N) is 2. The van der Waals surface area contributed by atoms with E-state index in [0.29, 0.717) is 12.5 Å². The number of benzene rings is 2. The van der Waals surface area contributed by atoms with E-state index in [2.05, 4.69) is 10.7 Å². The van der Waals surface area contributed by atoms with Crippen LogP contribution in [-0.4, -0.2) is 27.6 Å². The molecule has 166 valence electrons. The van der Waals surface area contributed by atoms with E-state index < -0.39 is 11.9 Å². The fourth-order valence-corrected chi connectivity index (χ4v) is 4.87. The Bertz CT molecular complexity index is 1130. The van der Waals surface area contributed by atoms with Crippen LogP contribution >= 0.6 is 0 Å². The fraction of sp³-hybridized carbons (Fsp3) is 0.385. The summed E-state index contributed by atoms with van der Waals surface area (Å²) >= 11 is 0. The maximum atomic E-state index is 12.2. The van der Waals surface area contributed by atoms with Crippen molar-refractivity contribution in [2.24, 2.45) is 0 Å². The maximum Gasteiger partial charge on any atom is 0.311 e. The first-order chi connectivity index (χ1) is 15.6. The molecule has 2 aliphatic rings. The van der Waals surface area contributed by atoms with Crippen molar-refractivity contribution < 1.29 is 19.4 Å². The Labute approximate surface area is 187 Å². The van der Waals surface area contributed by atoms with Crippen LogP contribution in [0.5, 0.6) is 11.5 Å². The summed E-state index contributed by atoms with van der Waals surface area (Å²) in [6.45, 7) is 2.23. The number of rotatable bonds is 6. The van der Waals surface area contributed by atoms with Crippen molar-refractivity contribution in [3.8, 4) is 22.8 Å². The third kappa shape index (κ3) is 4.09. The number of carboxylic acids is 1. The van der Waals surface area contributed by atoms with Gasteiger partial charge >= 0.3 is 5.97 Å². The van der Waals surface area contributed by atoms with E-state index in [1.807, 2.05) is 49.4 Å². The predicted molar refractivity (Wildman–Crippen MR) is 121 cm³/mol. The van der Waals surface area contributed by atoms with E-state index in [-0.39, 0.29) is 6.79 Å². The predicted octanol–water partition coefficient (Wildman–Crippen LogP) is 5.50. The van der Waals surface area contributed by atoms with Crippen LogP contribution in [0, 0.1) is 6.92 Å². The highest BCUT2D eigenvalue weighted by atomic mass is 16.7. The summed E-state index contributed by atoms with van der Waals surface area (Å²) in [5.74, 6) is 0.0423. The molecule has 1 aromatic heterocycles. The summed E-state index contributed by atoms with van der Waals surface area (Å²) in [4.78, 5) is 12.2. The van der Waals surface area contributed by atoms with Crippen molar-refractivity contribution in [1.29, 1.82) is 0 Å². The van der Waals surface area contributed by atoms with Crippen LogP contribution in [0.25, 0.3) is 11.3 Å². The molecule has 1 atom stereocenters. The van der Waals surface area contributed by atoms with Crippen molar-refractivity contribution in [1.82, 2.24) is 9.78 Å². The topological polar surface area (TPSA) is 73.6 Å². The first-order valence-corrected chi connectivity index (χ1v) is 11.4. The van der Waals surface area contributed by atoms with E-state index in [9.17, 15) is 9.90 Å². The molecule has 1 N–H and O–H groups in total. The molecule has 6 nitrogen and oxygen atoms in total. The van der Waals surface area contributed by atoms with E-state index in [0.717, 1.165) is 52.4 Å². The molecular weight excluding hydrogens is 404 g/mol. The zero-order valence-corrected chi connectivity index (χ0v) is 18.3. The van der Waals surface area contributed by atoms with E-state index >= 15 is 0 Å². The molecule has 2 aromatic carbocycles. The van der Waals surface area contributed by atoms with Crippen LogP contribution in [0.1, 0.15) is 60.9 Å². The second-order valence-electron chi connectivity index (χ2n) is 8.83. The van der Waals surface area contributed by atoms with Crippen LogP contribution in [0.15, 0.2) is 48.5 Å². The van der Waals surface area contributed by atoms with Gasteiger partial charge in [-0.25, -0.2) is 0 Å². The van der Waals surface area contributed by atoms with Gasteiger partial charge in [0.2, 0.25) is 6.79 Å². The second-order valence-corrected chi connectivity index (χ2v) is 8.83. The van der Waals surface area contributed by atoms with Gasteiger partial charge in [-0.15, -0.1) is 0 Å². The Hall–Kier alpha value is -3.28. The van der Waals surface area contributed by atoms with Crippen LogP contribution < -0.4 is 9.47 Å². The monoisotopic (exact) mass is 432 g/mol. The van der Waals surface area contributed by atoms with Crippen LogP contribution in [0.2, 0.25) is 0 Å². The number of aliphatic carboxylic acids is 1. The average molecular weight is 433 g/mol. The van der Waals surface area contributed by atoms with Gasteiger partial charge < -0.3 is 14.6 Å². The largest absolute Gasteiger partial charge is 0.481 e. The fourth-order valence-electron chi connectivity index (χ4n) is 4.87.